The van der Waals surface area contributed by atoms with Crippen molar-refractivity contribution in [1.29, 1.82) is 0 Å². The van der Waals surface area contributed by atoms with E-state index >= 15 is 0 Å². The molecule has 5 nitrogen and oxygen atoms in total. The van der Waals surface area contributed by atoms with Crippen LogP contribution >= 0.6 is 11.6 Å². The van der Waals surface area contributed by atoms with Gasteiger partial charge in [-0.2, -0.15) is 13.2 Å². The minimum Gasteiger partial charge on any atom is -0.506 e. The molecular weight excluding hydrogens is 325 g/mol. The van der Waals surface area contributed by atoms with E-state index in [0.29, 0.717) is 0 Å². The number of rotatable bonds is 2. The van der Waals surface area contributed by atoms with Crippen LogP contribution in [0.25, 0.3) is 0 Å². The summed E-state index contributed by atoms with van der Waals surface area (Å²) in [6, 6.07) is 1.98. The molecule has 0 unspecified atom stereocenters. The highest BCUT2D eigenvalue weighted by Crippen LogP contribution is 2.30. The third kappa shape index (κ3) is 3.62. The molecule has 1 heterocycles. The Labute approximate surface area is 128 Å². The molecule has 0 radical (unpaired) electrons. The second kappa shape index (κ2) is 6.04. The van der Waals surface area contributed by atoms with E-state index in [9.17, 15) is 27.9 Å². The number of nitrogens with one attached hydrogen (secondary N) is 2. The number of benzene rings is 1. The van der Waals surface area contributed by atoms with Crippen molar-refractivity contribution >= 4 is 29.1 Å². The van der Waals surface area contributed by atoms with Crippen LogP contribution in [0.3, 0.4) is 0 Å². The zero-order valence-corrected chi connectivity index (χ0v) is 11.8. The summed E-state index contributed by atoms with van der Waals surface area (Å²) in [5.74, 6) is -3.30. The van der Waals surface area contributed by atoms with Crippen LogP contribution in [0.15, 0.2) is 18.2 Å². The highest BCUT2D eigenvalue weighted by atomic mass is 35.5. The van der Waals surface area contributed by atoms with E-state index in [2.05, 4.69) is 5.32 Å². The monoisotopic (exact) mass is 336 g/mol. The highest BCUT2D eigenvalue weighted by Gasteiger charge is 2.45. The third-order valence-corrected chi connectivity index (χ3v) is 3.54. The van der Waals surface area contributed by atoms with Crippen molar-refractivity contribution in [3.63, 3.8) is 0 Å². The lowest BCUT2D eigenvalue weighted by molar-refractivity contribution is -0.170. The minimum atomic E-state index is -4.54. The van der Waals surface area contributed by atoms with Crippen LogP contribution in [-0.2, 0) is 9.59 Å². The second-order valence-corrected chi connectivity index (χ2v) is 5.32. The van der Waals surface area contributed by atoms with Gasteiger partial charge in [-0.25, -0.2) is 0 Å². The number of amides is 2. The maximum absolute atomic E-state index is 12.5. The van der Waals surface area contributed by atoms with Gasteiger partial charge in [0.15, 0.2) is 0 Å². The summed E-state index contributed by atoms with van der Waals surface area (Å²) in [5.41, 5.74) is -0.0109. The molecule has 2 amide bonds. The van der Waals surface area contributed by atoms with Gasteiger partial charge in [-0.1, -0.05) is 11.6 Å². The lowest BCUT2D eigenvalue weighted by atomic mass is 9.92. The summed E-state index contributed by atoms with van der Waals surface area (Å²) in [4.78, 5) is 23.7. The number of phenolic OH excluding ortho intramolecular Hbond substituents is 1. The van der Waals surface area contributed by atoms with Crippen molar-refractivity contribution in [1.82, 2.24) is 5.32 Å². The summed E-state index contributed by atoms with van der Waals surface area (Å²) in [5, 5.41) is 13.9. The molecule has 0 aliphatic carbocycles. The first-order valence-electron chi connectivity index (χ1n) is 6.35. The number of phenols is 1. The number of piperidine rings is 1. The van der Waals surface area contributed by atoms with Gasteiger partial charge in [0.05, 0.1) is 5.69 Å². The Hall–Kier alpha value is -1.96. The Kier molecular flexibility index (Phi) is 4.50. The van der Waals surface area contributed by atoms with Gasteiger partial charge in [-0.15, -0.1) is 0 Å². The molecule has 1 aliphatic rings. The Bertz CT molecular complexity index is 607. The fraction of sp³-hybridized carbons (Fsp3) is 0.385. The number of alkyl halides is 3. The predicted octanol–water partition coefficient (Wildman–Crippen LogP) is 2.44. The minimum absolute atomic E-state index is 0.0109. The van der Waals surface area contributed by atoms with Gasteiger partial charge >= 0.3 is 6.18 Å². The summed E-state index contributed by atoms with van der Waals surface area (Å²) in [7, 11) is 0. The number of halogens is 4. The molecule has 9 heteroatoms. The van der Waals surface area contributed by atoms with Gasteiger partial charge in [0.25, 0.3) is 0 Å². The van der Waals surface area contributed by atoms with Gasteiger partial charge < -0.3 is 15.7 Å². The van der Waals surface area contributed by atoms with Gasteiger partial charge in [-0.05, 0) is 31.0 Å². The number of anilines is 1. The van der Waals surface area contributed by atoms with Crippen LogP contribution in [0.1, 0.15) is 12.8 Å². The van der Waals surface area contributed by atoms with Gasteiger partial charge in [0.2, 0.25) is 11.8 Å². The lowest BCUT2D eigenvalue weighted by Crippen LogP contribution is -2.53. The molecule has 1 fully saturated rings. The molecule has 120 valence electrons. The first kappa shape index (κ1) is 16.4. The van der Waals surface area contributed by atoms with Crippen LogP contribution in [-0.4, -0.2) is 29.1 Å². The molecule has 3 N–H and O–H groups in total. The first-order chi connectivity index (χ1) is 10.2. The van der Waals surface area contributed by atoms with E-state index < -0.39 is 30.0 Å². The molecule has 1 aromatic carbocycles. The number of carbonyl (C=O) groups excluding carboxylic acids is 2. The molecule has 2 atom stereocenters. The SMILES string of the molecule is O=C(Nc1cc(Cl)ccc1O)[C@@H]1CC[C@@H](C(F)(F)F)NC1=O. The van der Waals surface area contributed by atoms with Crippen molar-refractivity contribution in [2.45, 2.75) is 25.1 Å². The fourth-order valence-corrected chi connectivity index (χ4v) is 2.30. The van der Waals surface area contributed by atoms with Crippen molar-refractivity contribution in [3.8, 4) is 5.75 Å². The van der Waals surface area contributed by atoms with E-state index in [4.69, 9.17) is 11.6 Å². The fourth-order valence-electron chi connectivity index (χ4n) is 2.13. The summed E-state index contributed by atoms with van der Waals surface area (Å²) in [6.07, 6.45) is -5.15. The quantitative estimate of drug-likeness (QED) is 0.573. The van der Waals surface area contributed by atoms with Gasteiger partial charge in [0.1, 0.15) is 17.7 Å². The van der Waals surface area contributed by atoms with E-state index in [-0.39, 0.29) is 29.3 Å². The average molecular weight is 337 g/mol. The zero-order valence-electron chi connectivity index (χ0n) is 11.1. The Morgan fingerprint density at radius 2 is 2.05 bits per heavy atom. The highest BCUT2D eigenvalue weighted by molar-refractivity contribution is 6.31. The van der Waals surface area contributed by atoms with Crippen LogP contribution < -0.4 is 10.6 Å². The Morgan fingerprint density at radius 3 is 2.64 bits per heavy atom. The number of hydrogen-bond donors (Lipinski definition) is 3. The molecular formula is C13H12ClF3N2O3. The molecule has 0 saturated carbocycles. The molecule has 0 bridgehead atoms. The summed E-state index contributed by atoms with van der Waals surface area (Å²) in [6.45, 7) is 0. The van der Waals surface area contributed by atoms with Crippen molar-refractivity contribution in [2.75, 3.05) is 5.32 Å². The van der Waals surface area contributed by atoms with Crippen LogP contribution in [0, 0.1) is 5.92 Å². The largest absolute Gasteiger partial charge is 0.506 e. The Morgan fingerprint density at radius 1 is 1.36 bits per heavy atom. The normalized spacial score (nSPS) is 22.1. The van der Waals surface area contributed by atoms with E-state index in [0.717, 1.165) is 0 Å². The van der Waals surface area contributed by atoms with Gasteiger partial charge in [0, 0.05) is 5.02 Å². The van der Waals surface area contributed by atoms with Gasteiger partial charge in [-0.3, -0.25) is 9.59 Å². The number of hydrogen-bond acceptors (Lipinski definition) is 3. The lowest BCUT2D eigenvalue weighted by Gasteiger charge is -2.29. The molecule has 1 aliphatic heterocycles. The standard InChI is InChI=1S/C13H12ClF3N2O3/c14-6-1-3-9(20)8(5-6)18-11(21)7-2-4-10(13(15,16)17)19-12(7)22/h1,3,5,7,10,20H,2,4H2,(H,18,21)(H,19,22)/t7-,10-/m0/s1. The van der Waals surface area contributed by atoms with Crippen LogP contribution in [0.5, 0.6) is 5.75 Å². The molecule has 22 heavy (non-hydrogen) atoms. The van der Waals surface area contributed by atoms with Crippen molar-refractivity contribution < 1.29 is 27.9 Å². The number of aromatic hydroxyl groups is 1. The van der Waals surface area contributed by atoms with Crippen molar-refractivity contribution in [3.05, 3.63) is 23.2 Å². The summed E-state index contributed by atoms with van der Waals surface area (Å²) < 4.78 is 37.6. The molecule has 1 saturated heterocycles. The zero-order chi connectivity index (χ0) is 16.5. The first-order valence-corrected chi connectivity index (χ1v) is 6.72. The van der Waals surface area contributed by atoms with E-state index in [1.807, 2.05) is 0 Å². The topological polar surface area (TPSA) is 78.4 Å². The Balaban J connectivity index is 2.05. The smallest absolute Gasteiger partial charge is 0.408 e. The summed E-state index contributed by atoms with van der Waals surface area (Å²) >= 11 is 5.72. The van der Waals surface area contributed by atoms with Crippen LogP contribution in [0.2, 0.25) is 5.02 Å². The van der Waals surface area contributed by atoms with E-state index in [1.54, 1.807) is 5.32 Å². The molecule has 0 spiro atoms. The van der Waals surface area contributed by atoms with Crippen molar-refractivity contribution in [2.24, 2.45) is 5.92 Å². The second-order valence-electron chi connectivity index (χ2n) is 4.88. The predicted molar refractivity (Wildman–Crippen MR) is 72.5 cm³/mol. The molecule has 1 aromatic rings. The number of carbonyl (C=O) groups is 2. The average Bonchev–Trinajstić information content (AvgIpc) is 2.41. The third-order valence-electron chi connectivity index (χ3n) is 3.31. The molecule has 0 aromatic heterocycles. The van der Waals surface area contributed by atoms with E-state index in [1.165, 1.54) is 18.2 Å². The maximum atomic E-state index is 12.5. The van der Waals surface area contributed by atoms with Crippen LogP contribution in [0.4, 0.5) is 18.9 Å². The maximum Gasteiger partial charge on any atom is 0.408 e. The molecule has 2 rings (SSSR count).